The summed E-state index contributed by atoms with van der Waals surface area (Å²) >= 11 is 0. The molecular formula is C13H20N2. The molecule has 1 aliphatic rings. The monoisotopic (exact) mass is 204 g/mol. The van der Waals surface area contributed by atoms with Gasteiger partial charge in [0.2, 0.25) is 0 Å². The second-order valence-corrected chi connectivity index (χ2v) is 5.29. The van der Waals surface area contributed by atoms with E-state index in [1.54, 1.807) is 0 Å². The van der Waals surface area contributed by atoms with Gasteiger partial charge in [-0.2, -0.15) is 0 Å². The molecular weight excluding hydrogens is 184 g/mol. The van der Waals surface area contributed by atoms with Crippen LogP contribution in [0.3, 0.4) is 0 Å². The number of pyridine rings is 1. The van der Waals surface area contributed by atoms with E-state index in [2.05, 4.69) is 37.1 Å². The molecule has 2 heteroatoms. The standard InChI is InChI=1S/C13H20N2/c1-10-5-4-6-15-12(10)9-14-8-11-7-13(11,2)3/h4-6,11,14H,7-9H2,1-3H3. The van der Waals surface area contributed by atoms with Gasteiger partial charge in [0.25, 0.3) is 0 Å². The molecule has 1 atom stereocenters. The molecule has 2 rings (SSSR count). The highest BCUT2D eigenvalue weighted by atomic mass is 14.9. The number of aromatic nitrogens is 1. The minimum atomic E-state index is 0.576. The zero-order valence-corrected chi connectivity index (χ0v) is 9.88. The second-order valence-electron chi connectivity index (χ2n) is 5.29. The van der Waals surface area contributed by atoms with E-state index in [0.29, 0.717) is 5.41 Å². The molecule has 1 heterocycles. The van der Waals surface area contributed by atoms with Gasteiger partial charge in [-0.25, -0.2) is 0 Å². The number of nitrogens with one attached hydrogen (secondary N) is 1. The predicted octanol–water partition coefficient (Wildman–Crippen LogP) is 2.53. The third-order valence-corrected chi connectivity index (χ3v) is 3.52. The largest absolute Gasteiger partial charge is 0.311 e. The Morgan fingerprint density at radius 2 is 2.27 bits per heavy atom. The van der Waals surface area contributed by atoms with Crippen molar-refractivity contribution in [3.05, 3.63) is 29.6 Å². The minimum Gasteiger partial charge on any atom is -0.311 e. The molecule has 1 unspecified atom stereocenters. The zero-order valence-electron chi connectivity index (χ0n) is 9.88. The summed E-state index contributed by atoms with van der Waals surface area (Å²) in [4.78, 5) is 4.37. The molecule has 15 heavy (non-hydrogen) atoms. The van der Waals surface area contributed by atoms with Gasteiger partial charge in [-0.15, -0.1) is 0 Å². The number of aryl methyl sites for hydroxylation is 1. The van der Waals surface area contributed by atoms with Crippen molar-refractivity contribution in [1.82, 2.24) is 10.3 Å². The lowest BCUT2D eigenvalue weighted by atomic mass is 10.1. The van der Waals surface area contributed by atoms with Crippen molar-refractivity contribution in [2.75, 3.05) is 6.54 Å². The number of rotatable bonds is 4. The summed E-state index contributed by atoms with van der Waals surface area (Å²) in [7, 11) is 0. The van der Waals surface area contributed by atoms with Crippen molar-refractivity contribution in [3.63, 3.8) is 0 Å². The van der Waals surface area contributed by atoms with Crippen LogP contribution in [0.2, 0.25) is 0 Å². The van der Waals surface area contributed by atoms with E-state index < -0.39 is 0 Å². The van der Waals surface area contributed by atoms with E-state index in [4.69, 9.17) is 0 Å². The second kappa shape index (κ2) is 3.93. The van der Waals surface area contributed by atoms with Crippen LogP contribution in [0.15, 0.2) is 18.3 Å². The van der Waals surface area contributed by atoms with Crippen LogP contribution in [0.5, 0.6) is 0 Å². The Labute approximate surface area is 92.1 Å². The number of hydrogen-bond acceptors (Lipinski definition) is 2. The Hall–Kier alpha value is -0.890. The summed E-state index contributed by atoms with van der Waals surface area (Å²) in [5.74, 6) is 0.863. The molecule has 1 aromatic rings. The van der Waals surface area contributed by atoms with Crippen molar-refractivity contribution in [3.8, 4) is 0 Å². The number of nitrogens with zero attached hydrogens (tertiary/aromatic N) is 1. The third-order valence-electron chi connectivity index (χ3n) is 3.52. The van der Waals surface area contributed by atoms with Gasteiger partial charge in [0.15, 0.2) is 0 Å². The fourth-order valence-corrected chi connectivity index (χ4v) is 1.99. The van der Waals surface area contributed by atoms with Crippen LogP contribution in [-0.2, 0) is 6.54 Å². The van der Waals surface area contributed by atoms with Gasteiger partial charge in [-0.3, -0.25) is 4.98 Å². The molecule has 0 bridgehead atoms. The molecule has 0 aliphatic heterocycles. The van der Waals surface area contributed by atoms with Gasteiger partial charge in [-0.1, -0.05) is 19.9 Å². The zero-order chi connectivity index (χ0) is 10.9. The van der Waals surface area contributed by atoms with Gasteiger partial charge < -0.3 is 5.32 Å². The molecule has 2 nitrogen and oxygen atoms in total. The smallest absolute Gasteiger partial charge is 0.0570 e. The molecule has 1 aliphatic carbocycles. The lowest BCUT2D eigenvalue weighted by Gasteiger charge is -2.07. The predicted molar refractivity (Wildman–Crippen MR) is 62.6 cm³/mol. The SMILES string of the molecule is Cc1cccnc1CNCC1CC1(C)C. The van der Waals surface area contributed by atoms with Crippen LogP contribution < -0.4 is 5.32 Å². The Morgan fingerprint density at radius 1 is 1.53 bits per heavy atom. The molecule has 0 saturated heterocycles. The summed E-state index contributed by atoms with van der Waals surface area (Å²) in [5, 5.41) is 3.50. The Bertz CT molecular complexity index is 344. The summed E-state index contributed by atoms with van der Waals surface area (Å²) in [6, 6.07) is 4.11. The molecule has 0 amide bonds. The first-order valence-electron chi connectivity index (χ1n) is 5.71. The van der Waals surface area contributed by atoms with Gasteiger partial charge in [0.05, 0.1) is 5.69 Å². The molecule has 0 aromatic carbocycles. The van der Waals surface area contributed by atoms with Crippen LogP contribution in [-0.4, -0.2) is 11.5 Å². The lowest BCUT2D eigenvalue weighted by Crippen LogP contribution is -2.19. The normalized spacial score (nSPS) is 22.7. The Balaban J connectivity index is 1.77. The highest BCUT2D eigenvalue weighted by Crippen LogP contribution is 2.50. The number of hydrogen-bond donors (Lipinski definition) is 1. The first-order chi connectivity index (χ1) is 7.09. The molecule has 1 fully saturated rings. The van der Waals surface area contributed by atoms with Crippen LogP contribution in [0, 0.1) is 18.3 Å². The molecule has 82 valence electrons. The van der Waals surface area contributed by atoms with E-state index in [9.17, 15) is 0 Å². The Kier molecular flexibility index (Phi) is 2.79. The molecule has 1 saturated carbocycles. The maximum atomic E-state index is 4.37. The Morgan fingerprint density at radius 3 is 2.87 bits per heavy atom. The van der Waals surface area contributed by atoms with Gasteiger partial charge >= 0.3 is 0 Å². The summed E-state index contributed by atoms with van der Waals surface area (Å²) in [5.41, 5.74) is 3.03. The van der Waals surface area contributed by atoms with Crippen LogP contribution in [0.4, 0.5) is 0 Å². The lowest BCUT2D eigenvalue weighted by molar-refractivity contribution is 0.517. The van der Waals surface area contributed by atoms with Crippen LogP contribution in [0.25, 0.3) is 0 Å². The minimum absolute atomic E-state index is 0.576. The average molecular weight is 204 g/mol. The van der Waals surface area contributed by atoms with E-state index in [1.165, 1.54) is 17.7 Å². The van der Waals surface area contributed by atoms with Crippen LogP contribution in [0.1, 0.15) is 31.5 Å². The third kappa shape index (κ3) is 2.57. The maximum Gasteiger partial charge on any atom is 0.0570 e. The van der Waals surface area contributed by atoms with Crippen molar-refractivity contribution < 1.29 is 0 Å². The van der Waals surface area contributed by atoms with Gasteiger partial charge in [0.1, 0.15) is 0 Å². The van der Waals surface area contributed by atoms with Crippen molar-refractivity contribution in [2.45, 2.75) is 33.7 Å². The summed E-state index contributed by atoms with van der Waals surface area (Å²) in [6.07, 6.45) is 3.23. The van der Waals surface area contributed by atoms with Crippen LogP contribution >= 0.6 is 0 Å². The van der Waals surface area contributed by atoms with Crippen molar-refractivity contribution >= 4 is 0 Å². The fraction of sp³-hybridized carbons (Fsp3) is 0.615. The molecule has 0 spiro atoms. The van der Waals surface area contributed by atoms with E-state index in [0.717, 1.165) is 19.0 Å². The van der Waals surface area contributed by atoms with E-state index in [-0.39, 0.29) is 0 Å². The quantitative estimate of drug-likeness (QED) is 0.815. The first-order valence-corrected chi connectivity index (χ1v) is 5.71. The molecule has 0 radical (unpaired) electrons. The van der Waals surface area contributed by atoms with Gasteiger partial charge in [-0.05, 0) is 42.9 Å². The van der Waals surface area contributed by atoms with Crippen molar-refractivity contribution in [2.24, 2.45) is 11.3 Å². The van der Waals surface area contributed by atoms with E-state index in [1.807, 2.05) is 12.3 Å². The first kappa shape index (κ1) is 10.6. The average Bonchev–Trinajstić information content (AvgIpc) is 2.78. The van der Waals surface area contributed by atoms with Crippen molar-refractivity contribution in [1.29, 1.82) is 0 Å². The summed E-state index contributed by atoms with van der Waals surface area (Å²) in [6.45, 7) is 8.82. The maximum absolute atomic E-state index is 4.37. The fourth-order valence-electron chi connectivity index (χ4n) is 1.99. The molecule has 1 N–H and O–H groups in total. The summed E-state index contributed by atoms with van der Waals surface area (Å²) < 4.78 is 0. The van der Waals surface area contributed by atoms with E-state index >= 15 is 0 Å². The topological polar surface area (TPSA) is 24.9 Å². The van der Waals surface area contributed by atoms with Gasteiger partial charge in [0, 0.05) is 12.7 Å². The molecule has 1 aromatic heterocycles. The highest BCUT2D eigenvalue weighted by Gasteiger charge is 2.44. The highest BCUT2D eigenvalue weighted by molar-refractivity contribution is 5.17.